The molecule has 0 radical (unpaired) electrons. The molecule has 1 N–H and O–H groups in total. The first-order valence-electron chi connectivity index (χ1n) is 11.9. The van der Waals surface area contributed by atoms with Crippen molar-refractivity contribution in [2.24, 2.45) is 5.92 Å². The number of para-hydroxylation sites is 2. The van der Waals surface area contributed by atoms with Crippen molar-refractivity contribution in [3.8, 4) is 11.1 Å². The highest BCUT2D eigenvalue weighted by atomic mass is 16.6. The van der Waals surface area contributed by atoms with Crippen LogP contribution in [0.25, 0.3) is 11.1 Å². The summed E-state index contributed by atoms with van der Waals surface area (Å²) >= 11 is 0. The number of benzene rings is 4. The van der Waals surface area contributed by atoms with E-state index >= 15 is 0 Å². The van der Waals surface area contributed by atoms with Crippen molar-refractivity contribution in [1.82, 2.24) is 0 Å². The van der Waals surface area contributed by atoms with Crippen molar-refractivity contribution in [3.05, 3.63) is 130 Å². The van der Waals surface area contributed by atoms with Crippen LogP contribution in [0.3, 0.4) is 0 Å². The molecular weight excluding hydrogens is 500 g/mol. The summed E-state index contributed by atoms with van der Waals surface area (Å²) in [4.78, 5) is 64.3. The van der Waals surface area contributed by atoms with Crippen LogP contribution in [0, 0.1) is 16.0 Å². The molecule has 39 heavy (non-hydrogen) atoms. The number of cyclic esters (lactones) is 1. The fraction of sp³-hybridized carbons (Fsp3) is 0.0667. The van der Waals surface area contributed by atoms with E-state index < -0.39 is 46.1 Å². The summed E-state index contributed by atoms with van der Waals surface area (Å²) in [6.45, 7) is 0. The minimum absolute atomic E-state index is 0.154. The number of amides is 1. The average molecular weight is 520 g/mol. The first-order chi connectivity index (χ1) is 18.9. The average Bonchev–Trinajstić information content (AvgIpc) is 3.29. The van der Waals surface area contributed by atoms with Crippen LogP contribution in [0.5, 0.6) is 0 Å². The van der Waals surface area contributed by atoms with E-state index in [9.17, 15) is 29.3 Å². The van der Waals surface area contributed by atoms with Crippen molar-refractivity contribution in [2.75, 3.05) is 5.32 Å². The van der Waals surface area contributed by atoms with Gasteiger partial charge in [0, 0.05) is 17.2 Å². The fourth-order valence-electron chi connectivity index (χ4n) is 4.61. The summed E-state index contributed by atoms with van der Waals surface area (Å²) in [5, 5.41) is 13.7. The van der Waals surface area contributed by atoms with Gasteiger partial charge in [0.15, 0.2) is 5.78 Å². The van der Waals surface area contributed by atoms with Crippen LogP contribution in [0.15, 0.2) is 103 Å². The van der Waals surface area contributed by atoms with Crippen LogP contribution in [0.2, 0.25) is 0 Å². The minimum Gasteiger partial charge on any atom is -0.453 e. The number of nitrogens with one attached hydrogen (secondary N) is 1. The number of Topliss-reactive ketones (excluding diaryl/α,β-unsaturated/α-hetero) is 2. The van der Waals surface area contributed by atoms with Crippen molar-refractivity contribution in [3.63, 3.8) is 0 Å². The molecule has 1 heterocycles. The van der Waals surface area contributed by atoms with Gasteiger partial charge in [-0.25, -0.2) is 4.79 Å². The third-order valence-electron chi connectivity index (χ3n) is 6.44. The lowest BCUT2D eigenvalue weighted by Gasteiger charge is -2.22. The van der Waals surface area contributed by atoms with Gasteiger partial charge < -0.3 is 10.1 Å². The van der Waals surface area contributed by atoms with Crippen molar-refractivity contribution in [2.45, 2.75) is 6.10 Å². The Labute approximate surface area is 222 Å². The Bertz CT molecular complexity index is 1630. The molecule has 0 spiro atoms. The van der Waals surface area contributed by atoms with Crippen LogP contribution in [0.1, 0.15) is 32.4 Å². The zero-order valence-corrected chi connectivity index (χ0v) is 20.3. The summed E-state index contributed by atoms with van der Waals surface area (Å²) in [6.07, 6.45) is -1.37. The second-order valence-corrected chi connectivity index (χ2v) is 8.76. The van der Waals surface area contributed by atoms with Crippen LogP contribution < -0.4 is 5.32 Å². The second-order valence-electron chi connectivity index (χ2n) is 8.76. The Balaban J connectivity index is 1.58. The van der Waals surface area contributed by atoms with Gasteiger partial charge in [-0.15, -0.1) is 0 Å². The summed E-state index contributed by atoms with van der Waals surface area (Å²) in [6, 6.07) is 27.3. The highest BCUT2D eigenvalue weighted by Crippen LogP contribution is 2.39. The van der Waals surface area contributed by atoms with Gasteiger partial charge in [-0.2, -0.15) is 0 Å². The van der Waals surface area contributed by atoms with E-state index in [-0.39, 0.29) is 16.8 Å². The van der Waals surface area contributed by atoms with Gasteiger partial charge in [0.2, 0.25) is 5.78 Å². The summed E-state index contributed by atoms with van der Waals surface area (Å²) in [5.74, 6) is -5.65. The number of fused-ring (bicyclic) bond motifs is 1. The molecule has 0 unspecified atom stereocenters. The minimum atomic E-state index is -1.75. The highest BCUT2D eigenvalue weighted by molar-refractivity contribution is 6.45. The maximum Gasteiger partial charge on any atom is 0.339 e. The number of anilines is 1. The molecule has 9 nitrogen and oxygen atoms in total. The van der Waals surface area contributed by atoms with E-state index in [4.69, 9.17) is 4.74 Å². The van der Waals surface area contributed by atoms with E-state index in [0.717, 1.165) is 0 Å². The molecule has 2 atom stereocenters. The normalized spacial score (nSPS) is 14.6. The molecule has 0 saturated carbocycles. The third kappa shape index (κ3) is 4.80. The molecule has 1 aliphatic heterocycles. The number of hydrogen-bond donors (Lipinski definition) is 1. The second kappa shape index (κ2) is 10.5. The summed E-state index contributed by atoms with van der Waals surface area (Å²) in [5.41, 5.74) is 1.24. The molecule has 0 fully saturated rings. The summed E-state index contributed by atoms with van der Waals surface area (Å²) in [7, 11) is 0. The van der Waals surface area contributed by atoms with Crippen LogP contribution in [-0.4, -0.2) is 28.4 Å². The molecule has 4 aromatic rings. The van der Waals surface area contributed by atoms with E-state index in [1.165, 1.54) is 36.4 Å². The Morgan fingerprint density at radius 2 is 1.41 bits per heavy atom. The number of ketones is 2. The van der Waals surface area contributed by atoms with Gasteiger partial charge in [0.25, 0.3) is 11.6 Å². The Kier molecular flexibility index (Phi) is 6.79. The number of nitro groups is 1. The molecule has 5 rings (SSSR count). The van der Waals surface area contributed by atoms with Gasteiger partial charge in [-0.1, -0.05) is 84.9 Å². The number of hydrogen-bond acceptors (Lipinski definition) is 7. The molecule has 4 aromatic carbocycles. The monoisotopic (exact) mass is 520 g/mol. The molecule has 0 bridgehead atoms. The predicted molar refractivity (Wildman–Crippen MR) is 141 cm³/mol. The lowest BCUT2D eigenvalue weighted by atomic mass is 9.82. The number of nitrogens with zero attached hydrogens (tertiary/aromatic N) is 1. The summed E-state index contributed by atoms with van der Waals surface area (Å²) < 4.78 is 5.50. The number of carbonyl (C=O) groups excluding carboxylic acids is 4. The zero-order valence-electron chi connectivity index (χ0n) is 20.3. The third-order valence-corrected chi connectivity index (χ3v) is 6.44. The van der Waals surface area contributed by atoms with Crippen LogP contribution >= 0.6 is 0 Å². The molecule has 1 aliphatic rings. The molecule has 9 heteroatoms. The number of rotatable bonds is 8. The Morgan fingerprint density at radius 3 is 2.15 bits per heavy atom. The van der Waals surface area contributed by atoms with Gasteiger partial charge in [-0.3, -0.25) is 24.5 Å². The van der Waals surface area contributed by atoms with Gasteiger partial charge in [0.05, 0.1) is 10.5 Å². The predicted octanol–water partition coefficient (Wildman–Crippen LogP) is 5.18. The quantitative estimate of drug-likeness (QED) is 0.0845. The number of nitro benzene ring substituents is 1. The molecule has 1 amide bonds. The lowest BCUT2D eigenvalue weighted by molar-refractivity contribution is -0.383. The van der Waals surface area contributed by atoms with Gasteiger partial charge in [-0.05, 0) is 23.3 Å². The number of esters is 1. The molecule has 0 aromatic heterocycles. The Morgan fingerprint density at radius 1 is 0.795 bits per heavy atom. The molecule has 0 saturated heterocycles. The SMILES string of the molecule is O=C(Nc1ccccc1[N+](=O)[O-])C(=O)[C@@H](C(=O)c1ccccc1-c1ccccc1)[C@@H]1OC(=O)c2ccccc21. The smallest absolute Gasteiger partial charge is 0.339 e. The maximum absolute atomic E-state index is 14.1. The standard InChI is InChI=1S/C30H20N2O7/c33-26(20-13-5-4-12-19(20)18-10-2-1-3-11-18)25(28-21-14-6-7-15-22(21)30(36)39-28)27(34)29(35)31-23-16-8-9-17-24(23)32(37)38/h1-17,25,28H,(H,31,35)/t25-,28-/m1/s1. The molecule has 192 valence electrons. The molecular formula is C30H20N2O7. The topological polar surface area (TPSA) is 133 Å². The van der Waals surface area contributed by atoms with E-state index in [1.807, 2.05) is 6.07 Å². The highest BCUT2D eigenvalue weighted by Gasteiger charge is 2.46. The van der Waals surface area contributed by atoms with Crippen LogP contribution in [0.4, 0.5) is 11.4 Å². The van der Waals surface area contributed by atoms with Crippen molar-refractivity contribution in [1.29, 1.82) is 0 Å². The zero-order chi connectivity index (χ0) is 27.5. The van der Waals surface area contributed by atoms with E-state index in [2.05, 4.69) is 5.32 Å². The van der Waals surface area contributed by atoms with Crippen molar-refractivity contribution >= 4 is 34.8 Å². The van der Waals surface area contributed by atoms with Gasteiger partial charge in [0.1, 0.15) is 17.7 Å². The van der Waals surface area contributed by atoms with E-state index in [1.54, 1.807) is 60.7 Å². The maximum atomic E-state index is 14.1. The number of ether oxygens (including phenoxy) is 1. The number of carbonyl (C=O) groups is 4. The lowest BCUT2D eigenvalue weighted by Crippen LogP contribution is -2.38. The van der Waals surface area contributed by atoms with Gasteiger partial charge >= 0.3 is 5.97 Å². The first-order valence-corrected chi connectivity index (χ1v) is 11.9. The van der Waals surface area contributed by atoms with Crippen LogP contribution in [-0.2, 0) is 14.3 Å². The largest absolute Gasteiger partial charge is 0.453 e. The fourth-order valence-corrected chi connectivity index (χ4v) is 4.61. The molecule has 0 aliphatic carbocycles. The van der Waals surface area contributed by atoms with Crippen molar-refractivity contribution < 1.29 is 28.8 Å². The first kappa shape index (κ1) is 25.2. The Hall–Kier alpha value is -5.44. The van der Waals surface area contributed by atoms with E-state index in [0.29, 0.717) is 16.7 Å².